The summed E-state index contributed by atoms with van der Waals surface area (Å²) < 4.78 is 6.68. The van der Waals surface area contributed by atoms with Crippen LogP contribution in [0, 0.1) is 6.92 Å². The van der Waals surface area contributed by atoms with Crippen molar-refractivity contribution >= 4 is 15.9 Å². The van der Waals surface area contributed by atoms with Crippen LogP contribution in [0.4, 0.5) is 0 Å². The molecule has 0 atom stereocenters. The molecule has 88 valence electrons. The third-order valence-corrected chi connectivity index (χ3v) is 2.75. The molecular weight excluding hydrogens is 280 g/mol. The summed E-state index contributed by atoms with van der Waals surface area (Å²) in [7, 11) is 0. The van der Waals surface area contributed by atoms with E-state index in [1.807, 2.05) is 25.1 Å². The number of halogens is 1. The van der Waals surface area contributed by atoms with Crippen LogP contribution in [0.1, 0.15) is 18.3 Å². The zero-order valence-electron chi connectivity index (χ0n) is 9.77. The minimum atomic E-state index is 0.708. The van der Waals surface area contributed by atoms with Gasteiger partial charge in [0.05, 0.1) is 11.9 Å². The first-order chi connectivity index (χ1) is 8.19. The summed E-state index contributed by atoms with van der Waals surface area (Å²) in [5.74, 6) is 1.50. The summed E-state index contributed by atoms with van der Waals surface area (Å²) in [6.07, 6.45) is 4.25. The maximum Gasteiger partial charge on any atom is 0.148 e. The summed E-state index contributed by atoms with van der Waals surface area (Å²) >= 11 is 3.36. The van der Waals surface area contributed by atoms with Crippen molar-refractivity contribution in [1.82, 2.24) is 9.97 Å². The average molecular weight is 293 g/mol. The summed E-state index contributed by atoms with van der Waals surface area (Å²) in [6.45, 7) is 4.04. The smallest absolute Gasteiger partial charge is 0.148 e. The van der Waals surface area contributed by atoms with Crippen LogP contribution in [0.15, 0.2) is 35.1 Å². The number of nitrogens with zero attached hydrogens (tertiary/aromatic N) is 2. The molecule has 0 amide bonds. The third-order valence-electron chi connectivity index (χ3n) is 2.31. The Bertz CT molecular complexity index is 529. The molecule has 2 aromatic heterocycles. The van der Waals surface area contributed by atoms with Crippen LogP contribution >= 0.6 is 15.9 Å². The van der Waals surface area contributed by atoms with Gasteiger partial charge >= 0.3 is 0 Å². The van der Waals surface area contributed by atoms with Gasteiger partial charge in [-0.2, -0.15) is 0 Å². The number of rotatable bonds is 3. The molecule has 0 fully saturated rings. The highest BCUT2D eigenvalue weighted by Crippen LogP contribution is 2.26. The number of hydrogen-bond donors (Lipinski definition) is 0. The van der Waals surface area contributed by atoms with Crippen molar-refractivity contribution in [2.75, 3.05) is 0 Å². The Hall–Kier alpha value is -1.42. The highest BCUT2D eigenvalue weighted by atomic mass is 79.9. The lowest BCUT2D eigenvalue weighted by molar-refractivity contribution is 0.470. The predicted molar refractivity (Wildman–Crippen MR) is 70.4 cm³/mol. The Labute approximate surface area is 109 Å². The topological polar surface area (TPSA) is 35.0 Å². The first-order valence-electron chi connectivity index (χ1n) is 5.44. The van der Waals surface area contributed by atoms with Crippen LogP contribution in [0.5, 0.6) is 11.5 Å². The lowest BCUT2D eigenvalue weighted by atomic mass is 10.2. The highest BCUT2D eigenvalue weighted by Gasteiger charge is 2.05. The van der Waals surface area contributed by atoms with Gasteiger partial charge in [0.2, 0.25) is 0 Å². The molecule has 0 N–H and O–H groups in total. The van der Waals surface area contributed by atoms with E-state index in [9.17, 15) is 0 Å². The van der Waals surface area contributed by atoms with E-state index in [0.29, 0.717) is 5.75 Å². The molecule has 4 heteroatoms. The van der Waals surface area contributed by atoms with Gasteiger partial charge in [-0.25, -0.2) is 0 Å². The van der Waals surface area contributed by atoms with E-state index in [2.05, 4.69) is 32.8 Å². The van der Waals surface area contributed by atoms with Crippen molar-refractivity contribution in [3.63, 3.8) is 0 Å². The number of hydrogen-bond acceptors (Lipinski definition) is 3. The molecule has 3 nitrogen and oxygen atoms in total. The quantitative estimate of drug-likeness (QED) is 0.860. The summed E-state index contributed by atoms with van der Waals surface area (Å²) in [5.41, 5.74) is 1.96. The van der Waals surface area contributed by atoms with Crippen LogP contribution in [-0.2, 0) is 6.42 Å². The fraction of sp³-hybridized carbons (Fsp3) is 0.231. The second-order valence-electron chi connectivity index (χ2n) is 3.69. The van der Waals surface area contributed by atoms with Crippen molar-refractivity contribution < 1.29 is 4.74 Å². The van der Waals surface area contributed by atoms with E-state index in [1.54, 1.807) is 12.4 Å². The van der Waals surface area contributed by atoms with E-state index in [1.165, 1.54) is 0 Å². The van der Waals surface area contributed by atoms with E-state index in [0.717, 1.165) is 28.0 Å². The molecule has 2 rings (SSSR count). The molecule has 0 unspecified atom stereocenters. The van der Waals surface area contributed by atoms with Gasteiger partial charge in [0.15, 0.2) is 0 Å². The fourth-order valence-corrected chi connectivity index (χ4v) is 1.86. The SMILES string of the molecule is CCc1nc(C)ccc1Oc1cncc(Br)c1. The number of pyridine rings is 2. The zero-order valence-corrected chi connectivity index (χ0v) is 11.4. The molecule has 0 aliphatic heterocycles. The van der Waals surface area contributed by atoms with Crippen LogP contribution in [0.3, 0.4) is 0 Å². The van der Waals surface area contributed by atoms with E-state index in [4.69, 9.17) is 4.74 Å². The predicted octanol–water partition coefficient (Wildman–Crippen LogP) is 3.90. The summed E-state index contributed by atoms with van der Waals surface area (Å²) in [6, 6.07) is 5.77. The van der Waals surface area contributed by atoms with Gasteiger partial charge in [0, 0.05) is 16.4 Å². The van der Waals surface area contributed by atoms with Gasteiger partial charge in [-0.15, -0.1) is 0 Å². The molecule has 0 saturated heterocycles. The van der Waals surface area contributed by atoms with Gasteiger partial charge in [0.25, 0.3) is 0 Å². The number of ether oxygens (including phenoxy) is 1. The first kappa shape index (κ1) is 12.0. The molecular formula is C13H13BrN2O. The molecule has 0 saturated carbocycles. The van der Waals surface area contributed by atoms with Gasteiger partial charge in [-0.3, -0.25) is 9.97 Å². The van der Waals surface area contributed by atoms with Crippen molar-refractivity contribution in [3.8, 4) is 11.5 Å². The van der Waals surface area contributed by atoms with E-state index < -0.39 is 0 Å². The second-order valence-corrected chi connectivity index (χ2v) is 4.61. The van der Waals surface area contributed by atoms with Gasteiger partial charge in [0.1, 0.15) is 11.5 Å². The molecule has 0 aromatic carbocycles. The Morgan fingerprint density at radius 1 is 1.29 bits per heavy atom. The lowest BCUT2D eigenvalue weighted by Gasteiger charge is -2.09. The second kappa shape index (κ2) is 5.27. The maximum absolute atomic E-state index is 5.78. The Morgan fingerprint density at radius 2 is 2.12 bits per heavy atom. The molecule has 0 aliphatic carbocycles. The Morgan fingerprint density at radius 3 is 2.82 bits per heavy atom. The minimum Gasteiger partial charge on any atom is -0.454 e. The van der Waals surface area contributed by atoms with Crippen LogP contribution in [0.25, 0.3) is 0 Å². The maximum atomic E-state index is 5.78. The molecule has 2 heterocycles. The molecule has 0 radical (unpaired) electrons. The molecule has 2 aromatic rings. The fourth-order valence-electron chi connectivity index (χ4n) is 1.52. The van der Waals surface area contributed by atoms with Crippen molar-refractivity contribution in [2.45, 2.75) is 20.3 Å². The zero-order chi connectivity index (χ0) is 12.3. The average Bonchev–Trinajstić information content (AvgIpc) is 2.31. The van der Waals surface area contributed by atoms with Crippen LogP contribution < -0.4 is 4.74 Å². The highest BCUT2D eigenvalue weighted by molar-refractivity contribution is 9.10. The van der Waals surface area contributed by atoms with Crippen LogP contribution in [0.2, 0.25) is 0 Å². The van der Waals surface area contributed by atoms with Crippen molar-refractivity contribution in [2.24, 2.45) is 0 Å². The minimum absolute atomic E-state index is 0.708. The number of aryl methyl sites for hydroxylation is 2. The van der Waals surface area contributed by atoms with Crippen molar-refractivity contribution in [3.05, 3.63) is 46.5 Å². The van der Waals surface area contributed by atoms with E-state index in [-0.39, 0.29) is 0 Å². The molecule has 0 spiro atoms. The summed E-state index contributed by atoms with van der Waals surface area (Å²) in [4.78, 5) is 8.51. The van der Waals surface area contributed by atoms with Gasteiger partial charge in [-0.05, 0) is 47.5 Å². The first-order valence-corrected chi connectivity index (χ1v) is 6.23. The van der Waals surface area contributed by atoms with Crippen molar-refractivity contribution in [1.29, 1.82) is 0 Å². The Balaban J connectivity index is 2.29. The molecule has 0 bridgehead atoms. The standard InChI is InChI=1S/C13H13BrN2O/c1-3-12-13(5-4-9(2)16-12)17-11-6-10(14)7-15-8-11/h4-8H,3H2,1-2H3. The third kappa shape index (κ3) is 3.03. The van der Waals surface area contributed by atoms with Crippen LogP contribution in [-0.4, -0.2) is 9.97 Å². The molecule has 0 aliphatic rings. The van der Waals surface area contributed by atoms with Gasteiger partial charge < -0.3 is 4.74 Å². The Kier molecular flexibility index (Phi) is 3.74. The normalized spacial score (nSPS) is 10.3. The van der Waals surface area contributed by atoms with Gasteiger partial charge in [-0.1, -0.05) is 6.92 Å². The molecule has 17 heavy (non-hydrogen) atoms. The number of aromatic nitrogens is 2. The summed E-state index contributed by atoms with van der Waals surface area (Å²) in [5, 5.41) is 0. The monoisotopic (exact) mass is 292 g/mol. The largest absolute Gasteiger partial charge is 0.454 e. The lowest BCUT2D eigenvalue weighted by Crippen LogP contribution is -1.95. The van der Waals surface area contributed by atoms with E-state index >= 15 is 0 Å².